The van der Waals surface area contributed by atoms with Gasteiger partial charge in [0.25, 0.3) is 0 Å². The molecule has 1 nitrogen and oxygen atoms in total. The second-order valence-electron chi connectivity index (χ2n) is 9.33. The van der Waals surface area contributed by atoms with Crippen molar-refractivity contribution in [2.45, 2.75) is 0 Å². The van der Waals surface area contributed by atoms with Crippen LogP contribution in [0.4, 0.5) is 0 Å². The van der Waals surface area contributed by atoms with Gasteiger partial charge in [0.05, 0.1) is 11.0 Å². The Kier molecular flexibility index (Phi) is 3.36. The summed E-state index contributed by atoms with van der Waals surface area (Å²) in [5, 5.41) is 12.2. The number of nitrogens with zero attached hydrogens (tertiary/aromatic N) is 1. The second-order valence-corrected chi connectivity index (χ2v) is 11.5. The van der Waals surface area contributed by atoms with Crippen molar-refractivity contribution in [1.29, 1.82) is 0 Å². The first-order chi connectivity index (χ1) is 17.4. The van der Waals surface area contributed by atoms with Crippen LogP contribution >= 0.6 is 22.7 Å². The van der Waals surface area contributed by atoms with Crippen LogP contribution in [0, 0.1) is 0 Å². The standard InChI is InChI=1S/C32H17NS2/c1-2-8-19-18(7-1)17-33-24-15-16-27-28(22-10-4-6-12-26(22)34-27)30(24)29-23(31(19)33)14-13-21-20-9-3-5-11-25(20)35-32(21)29/h1-17H. The van der Waals surface area contributed by atoms with Gasteiger partial charge in [-0.2, -0.15) is 0 Å². The number of benzene rings is 5. The number of thiophene rings is 2. The van der Waals surface area contributed by atoms with E-state index in [-0.39, 0.29) is 0 Å². The Hall–Kier alpha value is -3.92. The van der Waals surface area contributed by atoms with Gasteiger partial charge < -0.3 is 4.40 Å². The topological polar surface area (TPSA) is 4.41 Å². The maximum Gasteiger partial charge on any atom is 0.0614 e. The van der Waals surface area contributed by atoms with Crippen molar-refractivity contribution in [3.8, 4) is 0 Å². The van der Waals surface area contributed by atoms with Gasteiger partial charge in [-0.3, -0.25) is 0 Å². The quantitative estimate of drug-likeness (QED) is 0.191. The SMILES string of the molecule is c1ccc2c(c1)cn1c3ccc4sc5ccccc5c4c3c3c(ccc4c5ccccc5sc43)c21. The Morgan fingerprint density at radius 2 is 1.17 bits per heavy atom. The van der Waals surface area contributed by atoms with Crippen molar-refractivity contribution in [3.05, 3.63) is 103 Å². The molecule has 0 saturated heterocycles. The van der Waals surface area contributed by atoms with E-state index in [2.05, 4.69) is 108 Å². The van der Waals surface area contributed by atoms with E-state index in [9.17, 15) is 0 Å². The summed E-state index contributed by atoms with van der Waals surface area (Å²) >= 11 is 3.83. The fraction of sp³-hybridized carbons (Fsp3) is 0. The summed E-state index contributed by atoms with van der Waals surface area (Å²) in [5.41, 5.74) is 2.59. The molecular formula is C32H17NS2. The highest BCUT2D eigenvalue weighted by Gasteiger charge is 2.20. The lowest BCUT2D eigenvalue weighted by molar-refractivity contribution is 1.30. The normalized spacial score (nSPS) is 12.6. The molecule has 0 atom stereocenters. The maximum absolute atomic E-state index is 2.44. The lowest BCUT2D eigenvalue weighted by Gasteiger charge is -2.12. The summed E-state index contributed by atoms with van der Waals surface area (Å²) < 4.78 is 7.89. The number of rotatable bonds is 0. The molecule has 0 bridgehead atoms. The first-order valence-corrected chi connectivity index (χ1v) is 13.5. The first kappa shape index (κ1) is 18.4. The Morgan fingerprint density at radius 1 is 0.457 bits per heavy atom. The smallest absolute Gasteiger partial charge is 0.0614 e. The molecule has 0 N–H and O–H groups in total. The molecule has 4 aromatic heterocycles. The van der Waals surface area contributed by atoms with E-state index in [1.165, 1.54) is 78.3 Å². The van der Waals surface area contributed by atoms with Gasteiger partial charge in [-0.25, -0.2) is 0 Å². The minimum atomic E-state index is 1.28. The van der Waals surface area contributed by atoms with Crippen LogP contribution in [0.15, 0.2) is 103 Å². The summed E-state index contributed by atoms with van der Waals surface area (Å²) in [5.74, 6) is 0. The molecule has 162 valence electrons. The predicted octanol–water partition coefficient (Wildman–Crippen LogP) is 10.1. The van der Waals surface area contributed by atoms with Crippen LogP contribution in [0.3, 0.4) is 0 Å². The highest BCUT2D eigenvalue weighted by atomic mass is 32.1. The Bertz CT molecular complexity index is 2330. The monoisotopic (exact) mass is 479 g/mol. The number of aromatic nitrogens is 1. The van der Waals surface area contributed by atoms with E-state index in [4.69, 9.17) is 0 Å². The minimum Gasteiger partial charge on any atom is -0.315 e. The zero-order valence-electron chi connectivity index (χ0n) is 18.6. The number of fused-ring (bicyclic) bond motifs is 16. The molecule has 9 rings (SSSR count). The van der Waals surface area contributed by atoms with E-state index in [1.54, 1.807) is 0 Å². The van der Waals surface area contributed by atoms with E-state index < -0.39 is 0 Å². The largest absolute Gasteiger partial charge is 0.315 e. The lowest BCUT2D eigenvalue weighted by atomic mass is 9.97. The molecule has 3 heteroatoms. The van der Waals surface area contributed by atoms with E-state index in [1.807, 2.05) is 22.7 Å². The summed E-state index contributed by atoms with van der Waals surface area (Å²) in [7, 11) is 0. The van der Waals surface area contributed by atoms with Gasteiger partial charge in [0.1, 0.15) is 0 Å². The Morgan fingerprint density at radius 3 is 2.06 bits per heavy atom. The third-order valence-corrected chi connectivity index (χ3v) is 9.90. The zero-order chi connectivity index (χ0) is 22.7. The second kappa shape index (κ2) is 6.39. The first-order valence-electron chi connectivity index (χ1n) is 11.9. The molecule has 0 spiro atoms. The van der Waals surface area contributed by atoms with E-state index in [0.29, 0.717) is 0 Å². The summed E-state index contributed by atoms with van der Waals surface area (Å²) in [4.78, 5) is 0. The van der Waals surface area contributed by atoms with Crippen LogP contribution in [-0.2, 0) is 0 Å². The fourth-order valence-corrected chi connectivity index (χ4v) is 8.49. The zero-order valence-corrected chi connectivity index (χ0v) is 20.2. The third kappa shape index (κ3) is 2.23. The highest BCUT2D eigenvalue weighted by Crippen LogP contribution is 2.47. The third-order valence-electron chi connectivity index (χ3n) is 7.56. The average molecular weight is 480 g/mol. The van der Waals surface area contributed by atoms with Gasteiger partial charge in [-0.15, -0.1) is 22.7 Å². The molecule has 0 unspecified atom stereocenters. The van der Waals surface area contributed by atoms with Crippen molar-refractivity contribution in [2.75, 3.05) is 0 Å². The van der Waals surface area contributed by atoms with Crippen LogP contribution < -0.4 is 0 Å². The summed E-state index contributed by atoms with van der Waals surface area (Å²) in [6, 6.07) is 35.9. The molecule has 4 heterocycles. The van der Waals surface area contributed by atoms with Gasteiger partial charge in [0.15, 0.2) is 0 Å². The number of pyridine rings is 1. The molecule has 0 saturated carbocycles. The van der Waals surface area contributed by atoms with Crippen molar-refractivity contribution in [3.63, 3.8) is 0 Å². The molecule has 0 fully saturated rings. The molecule has 9 aromatic rings. The van der Waals surface area contributed by atoms with Crippen molar-refractivity contribution < 1.29 is 0 Å². The van der Waals surface area contributed by atoms with Crippen LogP contribution in [0.2, 0.25) is 0 Å². The predicted molar refractivity (Wildman–Crippen MR) is 156 cm³/mol. The van der Waals surface area contributed by atoms with E-state index >= 15 is 0 Å². The Balaban J connectivity index is 1.71. The van der Waals surface area contributed by atoms with Gasteiger partial charge in [-0.1, -0.05) is 72.8 Å². The molecule has 0 aliphatic carbocycles. The van der Waals surface area contributed by atoms with Crippen molar-refractivity contribution in [1.82, 2.24) is 4.40 Å². The van der Waals surface area contributed by atoms with E-state index in [0.717, 1.165) is 0 Å². The highest BCUT2D eigenvalue weighted by molar-refractivity contribution is 7.27. The molecule has 0 radical (unpaired) electrons. The lowest BCUT2D eigenvalue weighted by Crippen LogP contribution is -1.90. The molecule has 35 heavy (non-hydrogen) atoms. The number of hydrogen-bond donors (Lipinski definition) is 0. The van der Waals surface area contributed by atoms with Crippen LogP contribution in [-0.4, -0.2) is 4.40 Å². The van der Waals surface area contributed by atoms with Crippen molar-refractivity contribution in [2.24, 2.45) is 0 Å². The summed E-state index contributed by atoms with van der Waals surface area (Å²) in [6.45, 7) is 0. The van der Waals surface area contributed by atoms with Gasteiger partial charge in [0, 0.05) is 73.5 Å². The molecule has 5 aromatic carbocycles. The van der Waals surface area contributed by atoms with Crippen LogP contribution in [0.5, 0.6) is 0 Å². The summed E-state index contributed by atoms with van der Waals surface area (Å²) in [6.07, 6.45) is 2.32. The van der Waals surface area contributed by atoms with Crippen LogP contribution in [0.1, 0.15) is 0 Å². The minimum absolute atomic E-state index is 1.28. The Labute approximate surface area is 208 Å². The molecule has 0 amide bonds. The van der Waals surface area contributed by atoms with Gasteiger partial charge in [0.2, 0.25) is 0 Å². The number of hydrogen-bond acceptors (Lipinski definition) is 2. The fourth-order valence-electron chi connectivity index (χ4n) is 6.12. The molecule has 0 aliphatic rings. The molecule has 0 aliphatic heterocycles. The maximum atomic E-state index is 2.44. The van der Waals surface area contributed by atoms with Crippen molar-refractivity contribution >= 4 is 101 Å². The van der Waals surface area contributed by atoms with Crippen LogP contribution in [0.25, 0.3) is 78.3 Å². The molecular weight excluding hydrogens is 462 g/mol. The van der Waals surface area contributed by atoms with Gasteiger partial charge >= 0.3 is 0 Å². The average Bonchev–Trinajstić information content (AvgIpc) is 3.59. The van der Waals surface area contributed by atoms with Gasteiger partial charge in [-0.05, 0) is 24.3 Å².